The summed E-state index contributed by atoms with van der Waals surface area (Å²) < 4.78 is 0. The van der Waals surface area contributed by atoms with E-state index >= 15 is 0 Å². The number of carbonyl (C=O) groups is 2. The van der Waals surface area contributed by atoms with Gasteiger partial charge in [0.05, 0.1) is 0 Å². The Morgan fingerprint density at radius 2 is 1.77 bits per heavy atom. The van der Waals surface area contributed by atoms with Crippen LogP contribution in [0.2, 0.25) is 0 Å². The van der Waals surface area contributed by atoms with Crippen LogP contribution < -0.4 is 4.90 Å². The second-order valence-electron chi connectivity index (χ2n) is 7.81. The fourth-order valence-electron chi connectivity index (χ4n) is 4.03. The van der Waals surface area contributed by atoms with Gasteiger partial charge in [0.15, 0.2) is 0 Å². The highest BCUT2D eigenvalue weighted by molar-refractivity contribution is 5.92. The molecule has 0 bridgehead atoms. The maximum atomic E-state index is 12.6. The van der Waals surface area contributed by atoms with Crippen molar-refractivity contribution in [1.82, 2.24) is 14.8 Å². The first-order valence-electron chi connectivity index (χ1n) is 10.8. The third-order valence-electron chi connectivity index (χ3n) is 5.57. The Kier molecular flexibility index (Phi) is 7.97. The number of hydrogen-bond donors (Lipinski definition) is 0. The second kappa shape index (κ2) is 10.9. The lowest BCUT2D eigenvalue weighted by Gasteiger charge is -2.31. The summed E-state index contributed by atoms with van der Waals surface area (Å²) in [6.07, 6.45) is 5.99. The maximum Gasteiger partial charge on any atom is 0.223 e. The molecule has 1 aromatic carbocycles. The van der Waals surface area contributed by atoms with Crippen molar-refractivity contribution < 1.29 is 9.59 Å². The fraction of sp³-hybridized carbons (Fsp3) is 0.458. The molecule has 0 atom stereocenters. The number of rotatable bonds is 3. The van der Waals surface area contributed by atoms with E-state index in [4.69, 9.17) is 0 Å². The third kappa shape index (κ3) is 5.89. The minimum atomic E-state index is 0.0340. The summed E-state index contributed by atoms with van der Waals surface area (Å²) in [5.74, 6) is 0.182. The van der Waals surface area contributed by atoms with Crippen molar-refractivity contribution >= 4 is 17.5 Å². The zero-order chi connectivity index (χ0) is 21.3. The van der Waals surface area contributed by atoms with Gasteiger partial charge in [0.2, 0.25) is 11.8 Å². The molecule has 0 fully saturated rings. The van der Waals surface area contributed by atoms with Crippen LogP contribution in [-0.2, 0) is 22.7 Å². The largest absolute Gasteiger partial charge is 0.338 e. The molecule has 1 aromatic heterocycles. The maximum absolute atomic E-state index is 12.6. The van der Waals surface area contributed by atoms with Gasteiger partial charge >= 0.3 is 0 Å². The Labute approximate surface area is 179 Å². The number of benzene rings is 1. The van der Waals surface area contributed by atoms with Crippen LogP contribution in [0.25, 0.3) is 0 Å². The predicted octanol–water partition coefficient (Wildman–Crippen LogP) is 3.47. The van der Waals surface area contributed by atoms with Gasteiger partial charge < -0.3 is 9.80 Å². The number of carbonyl (C=O) groups excluding carboxylic acids is 2. The highest BCUT2D eigenvalue weighted by atomic mass is 16.2. The molecule has 3 rings (SSSR count). The van der Waals surface area contributed by atoms with E-state index in [1.807, 2.05) is 53.3 Å². The van der Waals surface area contributed by atoms with E-state index < -0.39 is 0 Å². The molecule has 6 nitrogen and oxygen atoms in total. The molecule has 0 radical (unpaired) electrons. The van der Waals surface area contributed by atoms with E-state index in [0.29, 0.717) is 26.1 Å². The first-order chi connectivity index (χ1) is 14.6. The number of aromatic nitrogens is 1. The average molecular weight is 409 g/mol. The Morgan fingerprint density at radius 1 is 1.00 bits per heavy atom. The number of hydrogen-bond acceptors (Lipinski definition) is 4. The lowest BCUT2D eigenvalue weighted by atomic mass is 10.1. The summed E-state index contributed by atoms with van der Waals surface area (Å²) in [5, 5.41) is 0. The molecular weight excluding hydrogens is 376 g/mol. The van der Waals surface area contributed by atoms with E-state index in [1.54, 1.807) is 13.1 Å². The lowest BCUT2D eigenvalue weighted by Crippen LogP contribution is -2.38. The zero-order valence-corrected chi connectivity index (χ0v) is 18.1. The van der Waals surface area contributed by atoms with Crippen molar-refractivity contribution in [2.24, 2.45) is 0 Å². The van der Waals surface area contributed by atoms with Crippen molar-refractivity contribution in [3.63, 3.8) is 0 Å². The number of fused-ring (bicyclic) bond motifs is 1. The van der Waals surface area contributed by atoms with Gasteiger partial charge in [0.25, 0.3) is 0 Å². The molecule has 160 valence electrons. The molecule has 1 aliphatic rings. The van der Waals surface area contributed by atoms with Crippen molar-refractivity contribution in [2.45, 2.75) is 46.2 Å². The summed E-state index contributed by atoms with van der Waals surface area (Å²) in [6.45, 7) is 8.06. The van der Waals surface area contributed by atoms with Crippen molar-refractivity contribution in [1.29, 1.82) is 0 Å². The molecule has 0 spiro atoms. The van der Waals surface area contributed by atoms with Crippen LogP contribution in [0, 0.1) is 0 Å². The second-order valence-corrected chi connectivity index (χ2v) is 7.81. The smallest absolute Gasteiger partial charge is 0.223 e. The SMILES string of the molecule is CCC(=O)N1CCCN(Cc2cccnc2)CCCN(C(C)=O)c2ccccc2C1. The molecule has 1 aliphatic heterocycles. The molecule has 30 heavy (non-hydrogen) atoms. The van der Waals surface area contributed by atoms with E-state index in [1.165, 1.54) is 5.56 Å². The number of pyridine rings is 1. The van der Waals surface area contributed by atoms with Crippen molar-refractivity contribution in [3.05, 3.63) is 59.9 Å². The lowest BCUT2D eigenvalue weighted by molar-refractivity contribution is -0.131. The minimum Gasteiger partial charge on any atom is -0.338 e. The van der Waals surface area contributed by atoms with Gasteiger partial charge in [0.1, 0.15) is 0 Å². The molecule has 0 N–H and O–H groups in total. The topological polar surface area (TPSA) is 56.8 Å². The summed E-state index contributed by atoms with van der Waals surface area (Å²) in [6, 6.07) is 12.0. The molecule has 2 aromatic rings. The highest BCUT2D eigenvalue weighted by Gasteiger charge is 2.20. The Bertz CT molecular complexity index is 840. The van der Waals surface area contributed by atoms with Crippen LogP contribution in [-0.4, -0.2) is 52.8 Å². The normalized spacial score (nSPS) is 16.3. The zero-order valence-electron chi connectivity index (χ0n) is 18.1. The standard InChI is InChI=1S/C24H32N4O2/c1-3-24(30)27-15-7-13-26(18-21-9-6-12-25-17-21)14-8-16-28(20(2)29)23-11-5-4-10-22(23)19-27/h4-6,9-12,17H,3,7-8,13-16,18-19H2,1-2H3. The van der Waals surface area contributed by atoms with Gasteiger partial charge in [-0.3, -0.25) is 19.5 Å². The average Bonchev–Trinajstić information content (AvgIpc) is 2.75. The van der Waals surface area contributed by atoms with E-state index in [9.17, 15) is 9.59 Å². The fourth-order valence-corrected chi connectivity index (χ4v) is 4.03. The Morgan fingerprint density at radius 3 is 2.47 bits per heavy atom. The van der Waals surface area contributed by atoms with E-state index in [2.05, 4.69) is 16.0 Å². The molecule has 2 heterocycles. The van der Waals surface area contributed by atoms with Gasteiger partial charge in [0, 0.05) is 70.7 Å². The predicted molar refractivity (Wildman–Crippen MR) is 119 cm³/mol. The third-order valence-corrected chi connectivity index (χ3v) is 5.57. The van der Waals surface area contributed by atoms with Crippen molar-refractivity contribution in [2.75, 3.05) is 31.1 Å². The minimum absolute atomic E-state index is 0.0340. The number of anilines is 1. The molecule has 0 saturated carbocycles. The summed E-state index contributed by atoms with van der Waals surface area (Å²) >= 11 is 0. The van der Waals surface area contributed by atoms with Crippen LogP contribution in [0.5, 0.6) is 0 Å². The summed E-state index contributed by atoms with van der Waals surface area (Å²) in [5.41, 5.74) is 3.13. The van der Waals surface area contributed by atoms with Crippen LogP contribution in [0.4, 0.5) is 5.69 Å². The van der Waals surface area contributed by atoms with E-state index in [0.717, 1.165) is 43.7 Å². The quantitative estimate of drug-likeness (QED) is 0.780. The monoisotopic (exact) mass is 408 g/mol. The Hall–Kier alpha value is -2.73. The van der Waals surface area contributed by atoms with Crippen LogP contribution in [0.15, 0.2) is 48.8 Å². The van der Waals surface area contributed by atoms with Gasteiger partial charge in [-0.05, 0) is 36.1 Å². The van der Waals surface area contributed by atoms with Crippen LogP contribution in [0.3, 0.4) is 0 Å². The number of para-hydroxylation sites is 1. The first kappa shape index (κ1) is 22.0. The molecule has 2 amide bonds. The van der Waals surface area contributed by atoms with Crippen molar-refractivity contribution in [3.8, 4) is 0 Å². The van der Waals surface area contributed by atoms with Crippen LogP contribution in [0.1, 0.15) is 44.2 Å². The van der Waals surface area contributed by atoms with Gasteiger partial charge in [-0.15, -0.1) is 0 Å². The van der Waals surface area contributed by atoms with Gasteiger partial charge in [-0.2, -0.15) is 0 Å². The summed E-state index contributed by atoms with van der Waals surface area (Å²) in [7, 11) is 0. The van der Waals surface area contributed by atoms with E-state index in [-0.39, 0.29) is 11.8 Å². The van der Waals surface area contributed by atoms with Gasteiger partial charge in [-0.1, -0.05) is 31.2 Å². The summed E-state index contributed by atoms with van der Waals surface area (Å²) in [4.78, 5) is 35.5. The first-order valence-corrected chi connectivity index (χ1v) is 10.8. The van der Waals surface area contributed by atoms with Crippen LogP contribution >= 0.6 is 0 Å². The van der Waals surface area contributed by atoms with Gasteiger partial charge in [-0.25, -0.2) is 0 Å². The molecule has 0 saturated heterocycles. The Balaban J connectivity index is 1.84. The molecule has 6 heteroatoms. The molecular formula is C24H32N4O2. The number of amides is 2. The molecule has 0 aliphatic carbocycles. The molecule has 0 unspecified atom stereocenters. The number of nitrogens with zero attached hydrogens (tertiary/aromatic N) is 4. The highest BCUT2D eigenvalue weighted by Crippen LogP contribution is 2.24.